The van der Waals surface area contributed by atoms with Crippen LogP contribution < -0.4 is 0 Å². The molecule has 116 valence electrons. The lowest BCUT2D eigenvalue weighted by Crippen LogP contribution is -2.35. The molecule has 0 bridgehead atoms. The summed E-state index contributed by atoms with van der Waals surface area (Å²) in [6.07, 6.45) is 0.118. The van der Waals surface area contributed by atoms with Gasteiger partial charge >= 0.3 is 5.97 Å². The summed E-state index contributed by atoms with van der Waals surface area (Å²) in [5.74, 6) is -0.617. The first-order chi connectivity index (χ1) is 9.99. The molecule has 1 amide bonds. The molecule has 0 unspecified atom stereocenters. The third-order valence-corrected chi connectivity index (χ3v) is 3.57. The van der Waals surface area contributed by atoms with E-state index in [-0.39, 0.29) is 24.8 Å². The lowest BCUT2D eigenvalue weighted by atomic mass is 10.2. The number of amides is 1. The lowest BCUT2D eigenvalue weighted by molar-refractivity contribution is -0.140. The number of ether oxygens (including phenoxy) is 2. The van der Waals surface area contributed by atoms with Crippen LogP contribution in [0.15, 0.2) is 18.2 Å². The molecule has 0 spiro atoms. The molecule has 0 atom stereocenters. The molecule has 0 N–H and O–H groups in total. The minimum Gasteiger partial charge on any atom is -0.469 e. The van der Waals surface area contributed by atoms with Gasteiger partial charge in [0.25, 0.3) is 5.91 Å². The van der Waals surface area contributed by atoms with Gasteiger partial charge in [0.1, 0.15) is 0 Å². The largest absolute Gasteiger partial charge is 0.469 e. The van der Waals surface area contributed by atoms with E-state index in [1.54, 1.807) is 19.2 Å². The molecule has 21 heavy (non-hydrogen) atoms. The average molecular weight is 334 g/mol. The van der Waals surface area contributed by atoms with Crippen LogP contribution in [0.1, 0.15) is 16.8 Å². The summed E-state index contributed by atoms with van der Waals surface area (Å²) < 4.78 is 9.56. The number of carbonyl (C=O) groups is 2. The van der Waals surface area contributed by atoms with E-state index in [1.165, 1.54) is 18.1 Å². The minimum atomic E-state index is -0.376. The van der Waals surface area contributed by atoms with E-state index in [0.29, 0.717) is 28.8 Å². The number of esters is 1. The van der Waals surface area contributed by atoms with Crippen molar-refractivity contribution in [2.45, 2.75) is 6.42 Å². The van der Waals surface area contributed by atoms with Crippen LogP contribution in [0, 0.1) is 0 Å². The summed E-state index contributed by atoms with van der Waals surface area (Å²) in [6, 6.07) is 4.66. The first kappa shape index (κ1) is 17.8. The molecule has 0 aliphatic heterocycles. The van der Waals surface area contributed by atoms with Crippen LogP contribution >= 0.6 is 23.2 Å². The Hall–Kier alpha value is -1.30. The Morgan fingerprint density at radius 2 is 1.86 bits per heavy atom. The Kier molecular flexibility index (Phi) is 7.50. The van der Waals surface area contributed by atoms with E-state index in [9.17, 15) is 9.59 Å². The highest BCUT2D eigenvalue weighted by molar-refractivity contribution is 6.42. The van der Waals surface area contributed by atoms with Crippen molar-refractivity contribution in [1.82, 2.24) is 4.90 Å². The van der Waals surface area contributed by atoms with Crippen LogP contribution in [-0.4, -0.2) is 50.7 Å². The molecule has 0 heterocycles. The number of nitrogens with zero attached hydrogens (tertiary/aromatic N) is 1. The van der Waals surface area contributed by atoms with Gasteiger partial charge < -0.3 is 14.4 Å². The summed E-state index contributed by atoms with van der Waals surface area (Å²) >= 11 is 11.7. The van der Waals surface area contributed by atoms with E-state index >= 15 is 0 Å². The van der Waals surface area contributed by atoms with Crippen molar-refractivity contribution in [1.29, 1.82) is 0 Å². The maximum Gasteiger partial charge on any atom is 0.307 e. The number of carbonyl (C=O) groups excluding carboxylic acids is 2. The first-order valence-electron chi connectivity index (χ1n) is 6.29. The SMILES string of the molecule is COCCN(CCC(=O)OC)C(=O)c1ccc(Cl)c(Cl)c1. The maximum atomic E-state index is 12.4. The van der Waals surface area contributed by atoms with Crippen molar-refractivity contribution in [3.63, 3.8) is 0 Å². The van der Waals surface area contributed by atoms with Gasteiger partial charge in [0.2, 0.25) is 0 Å². The van der Waals surface area contributed by atoms with Gasteiger partial charge in [0.05, 0.1) is 30.2 Å². The smallest absolute Gasteiger partial charge is 0.307 e. The molecule has 1 aromatic carbocycles. The number of halogens is 2. The number of methoxy groups -OCH3 is 2. The van der Waals surface area contributed by atoms with E-state index in [0.717, 1.165) is 0 Å². The zero-order valence-electron chi connectivity index (χ0n) is 11.9. The number of benzene rings is 1. The molecule has 5 nitrogen and oxygen atoms in total. The summed E-state index contributed by atoms with van der Waals surface area (Å²) in [4.78, 5) is 25.2. The molecule has 7 heteroatoms. The third kappa shape index (κ3) is 5.53. The highest BCUT2D eigenvalue weighted by Gasteiger charge is 2.17. The Morgan fingerprint density at radius 3 is 2.43 bits per heavy atom. The molecule has 0 radical (unpaired) electrons. The van der Waals surface area contributed by atoms with Gasteiger partial charge in [-0.05, 0) is 18.2 Å². The fourth-order valence-electron chi connectivity index (χ4n) is 1.66. The molecule has 0 aliphatic carbocycles. The topological polar surface area (TPSA) is 55.8 Å². The van der Waals surface area contributed by atoms with Crippen LogP contribution in [-0.2, 0) is 14.3 Å². The molecule has 0 saturated carbocycles. The predicted molar refractivity (Wildman–Crippen MR) is 80.9 cm³/mol. The number of rotatable bonds is 7. The second kappa shape index (κ2) is 8.87. The van der Waals surface area contributed by atoms with Crippen LogP contribution in [0.2, 0.25) is 10.0 Å². The molecule has 1 aromatic rings. The lowest BCUT2D eigenvalue weighted by Gasteiger charge is -2.22. The Labute approximate surface area is 133 Å². The minimum absolute atomic E-state index is 0.118. The fourth-order valence-corrected chi connectivity index (χ4v) is 1.95. The second-order valence-corrected chi connectivity index (χ2v) is 5.05. The standard InChI is InChI=1S/C14H17Cl2NO4/c1-20-8-7-17(6-5-13(18)21-2)14(19)10-3-4-11(15)12(16)9-10/h3-4,9H,5-8H2,1-2H3. The Balaban J connectivity index is 2.82. The van der Waals surface area contributed by atoms with Gasteiger partial charge in [-0.25, -0.2) is 0 Å². The van der Waals surface area contributed by atoms with E-state index < -0.39 is 0 Å². The predicted octanol–water partition coefficient (Wildman–Crippen LogP) is 2.65. The van der Waals surface area contributed by atoms with Gasteiger partial charge in [-0.3, -0.25) is 9.59 Å². The second-order valence-electron chi connectivity index (χ2n) is 4.24. The highest BCUT2D eigenvalue weighted by atomic mass is 35.5. The van der Waals surface area contributed by atoms with Crippen molar-refractivity contribution in [2.75, 3.05) is 33.9 Å². The molecule has 0 aliphatic rings. The summed E-state index contributed by atoms with van der Waals surface area (Å²) in [7, 11) is 2.85. The highest BCUT2D eigenvalue weighted by Crippen LogP contribution is 2.23. The van der Waals surface area contributed by atoms with E-state index in [2.05, 4.69) is 4.74 Å². The van der Waals surface area contributed by atoms with Gasteiger partial charge in [-0.15, -0.1) is 0 Å². The normalized spacial score (nSPS) is 10.3. The van der Waals surface area contributed by atoms with Crippen molar-refractivity contribution < 1.29 is 19.1 Å². The van der Waals surface area contributed by atoms with Crippen LogP contribution in [0.25, 0.3) is 0 Å². The monoisotopic (exact) mass is 333 g/mol. The molecule has 0 aromatic heterocycles. The van der Waals surface area contributed by atoms with Crippen LogP contribution in [0.3, 0.4) is 0 Å². The number of hydrogen-bond donors (Lipinski definition) is 0. The number of hydrogen-bond acceptors (Lipinski definition) is 4. The van der Waals surface area contributed by atoms with Gasteiger partial charge in [0, 0.05) is 25.8 Å². The zero-order valence-corrected chi connectivity index (χ0v) is 13.4. The Morgan fingerprint density at radius 1 is 1.14 bits per heavy atom. The van der Waals surface area contributed by atoms with Gasteiger partial charge in [-0.1, -0.05) is 23.2 Å². The Bertz CT molecular complexity index is 508. The molecular weight excluding hydrogens is 317 g/mol. The molecule has 1 rings (SSSR count). The van der Waals surface area contributed by atoms with Gasteiger partial charge in [0.15, 0.2) is 0 Å². The van der Waals surface area contributed by atoms with Crippen molar-refractivity contribution in [3.8, 4) is 0 Å². The van der Waals surface area contributed by atoms with E-state index in [4.69, 9.17) is 27.9 Å². The zero-order chi connectivity index (χ0) is 15.8. The molecule has 0 saturated heterocycles. The average Bonchev–Trinajstić information content (AvgIpc) is 2.49. The molecular formula is C14H17Cl2NO4. The summed E-state index contributed by atoms with van der Waals surface area (Å²) in [5.41, 5.74) is 0.408. The molecule has 0 fully saturated rings. The van der Waals surface area contributed by atoms with Crippen molar-refractivity contribution in [3.05, 3.63) is 33.8 Å². The fraction of sp³-hybridized carbons (Fsp3) is 0.429. The van der Waals surface area contributed by atoms with Crippen molar-refractivity contribution >= 4 is 35.1 Å². The van der Waals surface area contributed by atoms with Crippen molar-refractivity contribution in [2.24, 2.45) is 0 Å². The van der Waals surface area contributed by atoms with E-state index in [1.807, 2.05) is 0 Å². The summed E-state index contributed by atoms with van der Waals surface area (Å²) in [5, 5.41) is 0.688. The van der Waals surface area contributed by atoms with Crippen LogP contribution in [0.5, 0.6) is 0 Å². The maximum absolute atomic E-state index is 12.4. The third-order valence-electron chi connectivity index (χ3n) is 2.83. The van der Waals surface area contributed by atoms with Crippen LogP contribution in [0.4, 0.5) is 0 Å². The summed E-state index contributed by atoms with van der Waals surface area (Å²) in [6.45, 7) is 0.982. The first-order valence-corrected chi connectivity index (χ1v) is 7.05. The quantitative estimate of drug-likeness (QED) is 0.720. The van der Waals surface area contributed by atoms with Gasteiger partial charge in [-0.2, -0.15) is 0 Å².